The van der Waals surface area contributed by atoms with Crippen molar-refractivity contribution >= 4 is 51.8 Å². The van der Waals surface area contributed by atoms with Crippen molar-refractivity contribution in [3.8, 4) is 0 Å². The van der Waals surface area contributed by atoms with Crippen LogP contribution in [0.2, 0.25) is 5.02 Å². The van der Waals surface area contributed by atoms with Gasteiger partial charge in [0.2, 0.25) is 0 Å². The number of thiophene rings is 2. The maximum atomic E-state index is 12.7. The van der Waals surface area contributed by atoms with Gasteiger partial charge >= 0.3 is 0 Å². The molecule has 8 heteroatoms. The molecule has 3 heterocycles. The highest BCUT2D eigenvalue weighted by atomic mass is 35.5. The van der Waals surface area contributed by atoms with E-state index in [4.69, 9.17) is 11.6 Å². The molecule has 1 aromatic carbocycles. The van der Waals surface area contributed by atoms with Crippen molar-refractivity contribution in [2.75, 3.05) is 25.0 Å². The highest BCUT2D eigenvalue weighted by Crippen LogP contribution is 2.25. The van der Waals surface area contributed by atoms with E-state index in [0.29, 0.717) is 33.6 Å². The molecular weight excluding hydrogens is 450 g/mol. The zero-order valence-corrected chi connectivity index (χ0v) is 19.4. The van der Waals surface area contributed by atoms with Crippen LogP contribution in [0.15, 0.2) is 53.2 Å². The first-order valence-corrected chi connectivity index (χ1v) is 12.4. The van der Waals surface area contributed by atoms with Gasteiger partial charge in [0.05, 0.1) is 15.6 Å². The molecule has 5 nitrogen and oxygen atoms in total. The quantitative estimate of drug-likeness (QED) is 0.485. The number of carbonyl (C=O) groups is 2. The highest BCUT2D eigenvalue weighted by molar-refractivity contribution is 7.12. The first-order chi connectivity index (χ1) is 15.1. The third kappa shape index (κ3) is 5.95. The van der Waals surface area contributed by atoms with Crippen molar-refractivity contribution < 1.29 is 9.59 Å². The Morgan fingerprint density at radius 1 is 1.10 bits per heavy atom. The predicted molar refractivity (Wildman–Crippen MR) is 128 cm³/mol. The average molecular weight is 474 g/mol. The number of benzene rings is 1. The highest BCUT2D eigenvalue weighted by Gasteiger charge is 2.21. The van der Waals surface area contributed by atoms with Crippen LogP contribution in [-0.2, 0) is 6.54 Å². The van der Waals surface area contributed by atoms with Gasteiger partial charge in [-0.3, -0.25) is 14.5 Å². The number of hydrogen-bond donors (Lipinski definition) is 2. The Morgan fingerprint density at radius 3 is 2.71 bits per heavy atom. The van der Waals surface area contributed by atoms with Gasteiger partial charge in [0, 0.05) is 30.1 Å². The summed E-state index contributed by atoms with van der Waals surface area (Å²) in [5.41, 5.74) is 0.921. The van der Waals surface area contributed by atoms with Gasteiger partial charge in [0.1, 0.15) is 0 Å². The summed E-state index contributed by atoms with van der Waals surface area (Å²) < 4.78 is 0. The zero-order chi connectivity index (χ0) is 21.6. The van der Waals surface area contributed by atoms with E-state index in [1.165, 1.54) is 16.2 Å². The fourth-order valence-corrected chi connectivity index (χ4v) is 5.31. The van der Waals surface area contributed by atoms with Crippen molar-refractivity contribution in [3.63, 3.8) is 0 Å². The summed E-state index contributed by atoms with van der Waals surface area (Å²) in [5, 5.41) is 10.2. The standard InChI is InChI=1S/C23H24ClN3O2S2/c24-19-8-7-17(12-20(19)26-23(29)21-6-3-11-31-21)22(28)25-13-16-4-1-9-27(14-16)15-18-5-2-10-30-18/h2-3,5-8,10-12,16H,1,4,9,13-15H2,(H,25,28)(H,26,29). The summed E-state index contributed by atoms with van der Waals surface area (Å²) in [6.07, 6.45) is 2.26. The van der Waals surface area contributed by atoms with E-state index in [1.807, 2.05) is 11.4 Å². The normalized spacial score (nSPS) is 16.7. The number of carbonyl (C=O) groups excluding carboxylic acids is 2. The fourth-order valence-electron chi connectivity index (χ4n) is 3.78. The molecule has 0 radical (unpaired) electrons. The number of nitrogens with zero attached hydrogens (tertiary/aromatic N) is 1. The molecule has 4 rings (SSSR count). The lowest BCUT2D eigenvalue weighted by Gasteiger charge is -2.32. The monoisotopic (exact) mass is 473 g/mol. The van der Waals surface area contributed by atoms with Crippen LogP contribution < -0.4 is 10.6 Å². The molecule has 2 amide bonds. The molecular formula is C23H24ClN3O2S2. The first-order valence-electron chi connectivity index (χ1n) is 10.3. The SMILES string of the molecule is O=C(NCC1CCCN(Cc2cccs2)C1)c1ccc(Cl)c(NC(=O)c2cccs2)c1. The van der Waals surface area contributed by atoms with Crippen molar-refractivity contribution in [2.45, 2.75) is 19.4 Å². The largest absolute Gasteiger partial charge is 0.352 e. The van der Waals surface area contributed by atoms with Crippen LogP contribution in [0.4, 0.5) is 5.69 Å². The molecule has 0 saturated carbocycles. The lowest BCUT2D eigenvalue weighted by Crippen LogP contribution is -2.40. The summed E-state index contributed by atoms with van der Waals surface area (Å²) in [6, 6.07) is 12.8. The van der Waals surface area contributed by atoms with E-state index >= 15 is 0 Å². The number of amides is 2. The van der Waals surface area contributed by atoms with Gasteiger partial charge in [-0.05, 0) is 66.4 Å². The van der Waals surface area contributed by atoms with Crippen molar-refractivity contribution in [1.82, 2.24) is 10.2 Å². The van der Waals surface area contributed by atoms with E-state index in [9.17, 15) is 9.59 Å². The van der Waals surface area contributed by atoms with Gasteiger partial charge in [-0.2, -0.15) is 0 Å². The Balaban J connectivity index is 1.32. The molecule has 3 aromatic rings. The molecule has 0 aliphatic carbocycles. The predicted octanol–water partition coefficient (Wildman–Crippen LogP) is 5.36. The minimum Gasteiger partial charge on any atom is -0.352 e. The third-order valence-electron chi connectivity index (χ3n) is 5.34. The topological polar surface area (TPSA) is 61.4 Å². The van der Waals surface area contributed by atoms with E-state index < -0.39 is 0 Å². The molecule has 0 bridgehead atoms. The molecule has 2 N–H and O–H groups in total. The Hall–Kier alpha value is -2.19. The minimum atomic E-state index is -0.234. The number of anilines is 1. The minimum absolute atomic E-state index is 0.154. The van der Waals surface area contributed by atoms with Crippen LogP contribution in [0.3, 0.4) is 0 Å². The molecule has 1 fully saturated rings. The van der Waals surface area contributed by atoms with Crippen LogP contribution in [0.5, 0.6) is 0 Å². The second-order valence-corrected chi connectivity index (χ2v) is 10.0. The Bertz CT molecular complexity index is 1020. The number of nitrogens with one attached hydrogen (secondary N) is 2. The first kappa shape index (κ1) is 22.0. The Kier molecular flexibility index (Phi) is 7.40. The average Bonchev–Trinajstić information content (AvgIpc) is 3.48. The summed E-state index contributed by atoms with van der Waals surface area (Å²) in [6.45, 7) is 3.71. The van der Waals surface area contributed by atoms with E-state index in [-0.39, 0.29) is 11.8 Å². The number of halogens is 1. The lowest BCUT2D eigenvalue weighted by molar-refractivity contribution is 0.0930. The third-order valence-corrected chi connectivity index (χ3v) is 7.40. The van der Waals surface area contributed by atoms with Crippen LogP contribution in [0, 0.1) is 5.92 Å². The van der Waals surface area contributed by atoms with Gasteiger partial charge < -0.3 is 10.6 Å². The van der Waals surface area contributed by atoms with Crippen LogP contribution in [0.25, 0.3) is 0 Å². The number of piperidine rings is 1. The Morgan fingerprint density at radius 2 is 1.94 bits per heavy atom. The number of likely N-dealkylation sites (tertiary alicyclic amines) is 1. The number of hydrogen-bond acceptors (Lipinski definition) is 5. The molecule has 1 aliphatic heterocycles. The summed E-state index contributed by atoms with van der Waals surface area (Å²) in [5.74, 6) is 0.0455. The van der Waals surface area contributed by atoms with Gasteiger partial charge in [0.25, 0.3) is 11.8 Å². The molecule has 1 unspecified atom stereocenters. The van der Waals surface area contributed by atoms with Gasteiger partial charge in [0.15, 0.2) is 0 Å². The van der Waals surface area contributed by atoms with Crippen LogP contribution in [0.1, 0.15) is 37.7 Å². The summed E-state index contributed by atoms with van der Waals surface area (Å²) in [7, 11) is 0. The van der Waals surface area contributed by atoms with Crippen molar-refractivity contribution in [3.05, 3.63) is 73.6 Å². The molecule has 1 aliphatic rings. The van der Waals surface area contributed by atoms with Crippen LogP contribution >= 0.6 is 34.3 Å². The van der Waals surface area contributed by atoms with E-state index in [1.54, 1.807) is 35.6 Å². The van der Waals surface area contributed by atoms with E-state index in [0.717, 1.165) is 32.5 Å². The van der Waals surface area contributed by atoms with Gasteiger partial charge in [-0.1, -0.05) is 23.7 Å². The molecule has 31 heavy (non-hydrogen) atoms. The maximum absolute atomic E-state index is 12.7. The second-order valence-electron chi connectivity index (χ2n) is 7.66. The Labute approximate surface area is 195 Å². The summed E-state index contributed by atoms with van der Waals surface area (Å²) in [4.78, 5) is 29.5. The van der Waals surface area contributed by atoms with Crippen molar-refractivity contribution in [1.29, 1.82) is 0 Å². The smallest absolute Gasteiger partial charge is 0.265 e. The zero-order valence-electron chi connectivity index (χ0n) is 17.0. The van der Waals surface area contributed by atoms with E-state index in [2.05, 4.69) is 33.0 Å². The molecule has 0 spiro atoms. The molecule has 1 saturated heterocycles. The molecule has 162 valence electrons. The van der Waals surface area contributed by atoms with Gasteiger partial charge in [-0.25, -0.2) is 0 Å². The van der Waals surface area contributed by atoms with Crippen LogP contribution in [-0.4, -0.2) is 36.3 Å². The van der Waals surface area contributed by atoms with Gasteiger partial charge in [-0.15, -0.1) is 22.7 Å². The lowest BCUT2D eigenvalue weighted by atomic mass is 9.97. The van der Waals surface area contributed by atoms with Crippen molar-refractivity contribution in [2.24, 2.45) is 5.92 Å². The summed E-state index contributed by atoms with van der Waals surface area (Å²) >= 11 is 9.37. The fraction of sp³-hybridized carbons (Fsp3) is 0.304. The number of rotatable bonds is 7. The molecule has 2 aromatic heterocycles. The molecule has 1 atom stereocenters. The maximum Gasteiger partial charge on any atom is 0.265 e. The second kappa shape index (κ2) is 10.4.